The van der Waals surface area contributed by atoms with Gasteiger partial charge in [0.15, 0.2) is 5.82 Å². The Balaban J connectivity index is 1.06. The number of benzene rings is 4. The lowest BCUT2D eigenvalue weighted by molar-refractivity contribution is 0.107. The third-order valence-corrected chi connectivity index (χ3v) is 15.1. The van der Waals surface area contributed by atoms with Crippen molar-refractivity contribution in [3.8, 4) is 52.7 Å². The molecule has 4 atom stereocenters. The Morgan fingerprint density at radius 2 is 1.53 bits per heavy atom. The molecule has 8 aromatic rings. The van der Waals surface area contributed by atoms with E-state index in [9.17, 15) is 0 Å². The molecule has 0 aliphatic carbocycles. The first-order chi connectivity index (χ1) is 37.5. The quantitative estimate of drug-likeness (QED) is 0.0868. The van der Waals surface area contributed by atoms with E-state index in [1.807, 2.05) is 91.9 Å². The van der Waals surface area contributed by atoms with Gasteiger partial charge in [-0.15, -0.1) is 6.42 Å². The van der Waals surface area contributed by atoms with Gasteiger partial charge in [0.25, 0.3) is 0 Å². The van der Waals surface area contributed by atoms with Gasteiger partial charge in [-0.3, -0.25) is 4.90 Å². The summed E-state index contributed by atoms with van der Waals surface area (Å²) in [5, 5.41) is 3.74. The molecule has 0 unspecified atom stereocenters. The van der Waals surface area contributed by atoms with Crippen LogP contribution in [0.2, 0.25) is 0 Å². The fourth-order valence-electron chi connectivity index (χ4n) is 11.3. The molecule has 0 amide bonds. The predicted molar refractivity (Wildman–Crippen MR) is 291 cm³/mol. The van der Waals surface area contributed by atoms with Gasteiger partial charge in [0.1, 0.15) is 76.5 Å². The molecule has 2 fully saturated rings. The number of anilines is 3. The Morgan fingerprint density at radius 3 is 2.19 bits per heavy atom. The van der Waals surface area contributed by atoms with Gasteiger partial charge in [0.05, 0.1) is 50.0 Å². The van der Waals surface area contributed by atoms with Gasteiger partial charge in [0, 0.05) is 55.3 Å². The summed E-state index contributed by atoms with van der Waals surface area (Å²) in [6, 6.07) is 30.7. The van der Waals surface area contributed by atoms with Crippen molar-refractivity contribution in [1.82, 2.24) is 29.8 Å². The van der Waals surface area contributed by atoms with Crippen LogP contribution in [0.4, 0.5) is 30.6 Å². The molecule has 3 aliphatic rings. The molecule has 3 aliphatic heterocycles. The van der Waals surface area contributed by atoms with Crippen LogP contribution >= 0.6 is 0 Å². The van der Waals surface area contributed by atoms with E-state index in [1.54, 1.807) is 33.6 Å². The Bertz CT molecular complexity index is 3460. The Kier molecular flexibility index (Phi) is 14.1. The minimum Gasteiger partial charge on any atom is -0.497 e. The normalized spacial score (nSPS) is 18.3. The van der Waals surface area contributed by atoms with E-state index in [0.29, 0.717) is 61.3 Å². The van der Waals surface area contributed by atoms with Gasteiger partial charge < -0.3 is 38.8 Å². The van der Waals surface area contributed by atoms with Gasteiger partial charge in [-0.1, -0.05) is 48.4 Å². The largest absolute Gasteiger partial charge is 0.497 e. The first-order valence-electron chi connectivity index (χ1n) is 25.7. The summed E-state index contributed by atoms with van der Waals surface area (Å²) in [5.41, 5.74) is 3.31. The summed E-state index contributed by atoms with van der Waals surface area (Å²) in [5.74, 6) is 4.60. The maximum atomic E-state index is 18.4. The number of pyridine rings is 3. The number of fused-ring (bicyclic) bond motifs is 2. The van der Waals surface area contributed by atoms with E-state index in [-0.39, 0.29) is 58.2 Å². The van der Waals surface area contributed by atoms with E-state index in [0.717, 1.165) is 53.1 Å². The van der Waals surface area contributed by atoms with Crippen LogP contribution in [-0.4, -0.2) is 95.2 Å². The van der Waals surface area contributed by atoms with Crippen LogP contribution in [-0.2, 0) is 19.6 Å². The molecule has 0 radical (unpaired) electrons. The zero-order chi connectivity index (χ0) is 53.4. The van der Waals surface area contributed by atoms with Crippen LogP contribution in [0.1, 0.15) is 67.0 Å². The number of halogens is 3. The topological polar surface area (TPSA) is 132 Å². The van der Waals surface area contributed by atoms with E-state index < -0.39 is 35.4 Å². The van der Waals surface area contributed by atoms with Crippen molar-refractivity contribution in [3.63, 3.8) is 0 Å². The number of rotatable bonds is 17. The number of hydrogen-bond donors (Lipinski definition) is 1. The zero-order valence-electron chi connectivity index (χ0n) is 43.5. The molecule has 4 aromatic carbocycles. The molecule has 7 heterocycles. The van der Waals surface area contributed by atoms with Gasteiger partial charge in [-0.2, -0.15) is 9.97 Å². The summed E-state index contributed by atoms with van der Waals surface area (Å²) < 4.78 is 78.9. The van der Waals surface area contributed by atoms with E-state index in [4.69, 9.17) is 55.0 Å². The second-order valence-corrected chi connectivity index (χ2v) is 19.9. The molecule has 11 rings (SSSR count). The third-order valence-electron chi connectivity index (χ3n) is 15.1. The number of nitrogens with one attached hydrogen (secondary N) is 1. The standard InChI is InChI=1S/C60H58F3N9O5/c1-7-45-48(62)23-24-49-51(45)47(28-50(66-49)65-30-38-11-17-42(73-4)18-12-38)54-53(63)55-52-57(69-59(68-55)77-35-60-25-9-27-71(60)33-41(61)29-60)72(36(2)34-76-58(52)67-54)37(3)46-10-8-26-64-56(46)70(31-39-13-19-43(74-5)20-14-39)32-40-15-21-44(75-6)22-16-40/h1,8,10-24,26,28,36-37,41H,9,25,27,29-35H2,2-6H3,(H,65,66)/t36-,37+,41+,60-/m0/s1. The maximum absolute atomic E-state index is 18.4. The average molecular weight is 1040 g/mol. The van der Waals surface area contributed by atoms with E-state index in [1.165, 1.54) is 12.1 Å². The molecule has 0 bridgehead atoms. The van der Waals surface area contributed by atoms with Crippen LogP contribution < -0.4 is 38.8 Å². The number of aromatic nitrogens is 5. The fourth-order valence-corrected chi connectivity index (χ4v) is 11.3. The highest BCUT2D eigenvalue weighted by Gasteiger charge is 2.49. The summed E-state index contributed by atoms with van der Waals surface area (Å²) >= 11 is 0. The predicted octanol–water partition coefficient (Wildman–Crippen LogP) is 11.0. The van der Waals surface area contributed by atoms with Gasteiger partial charge >= 0.3 is 6.01 Å². The number of ether oxygens (including phenoxy) is 5. The van der Waals surface area contributed by atoms with Crippen molar-refractivity contribution in [2.45, 2.75) is 76.5 Å². The minimum atomic E-state index is -1.00. The molecule has 0 spiro atoms. The number of methoxy groups -OCH3 is 3. The second kappa shape index (κ2) is 21.3. The molecule has 17 heteroatoms. The molecule has 4 aromatic heterocycles. The number of terminal acetylenes is 1. The Morgan fingerprint density at radius 1 is 0.857 bits per heavy atom. The highest BCUT2D eigenvalue weighted by atomic mass is 19.1. The molecule has 2 saturated heterocycles. The first kappa shape index (κ1) is 50.8. The number of nitrogens with zero attached hydrogens (tertiary/aromatic N) is 8. The molecule has 0 saturated carbocycles. The summed E-state index contributed by atoms with van der Waals surface area (Å²) in [6.45, 7) is 6.65. The highest BCUT2D eigenvalue weighted by Crippen LogP contribution is 2.46. The smallest absolute Gasteiger partial charge is 0.319 e. The van der Waals surface area contributed by atoms with Crippen LogP contribution in [0.25, 0.3) is 33.1 Å². The zero-order valence-corrected chi connectivity index (χ0v) is 43.5. The average Bonchev–Trinajstić information content (AvgIpc) is 4.10. The molecule has 14 nitrogen and oxygen atoms in total. The van der Waals surface area contributed by atoms with Crippen LogP contribution in [0.15, 0.2) is 109 Å². The van der Waals surface area contributed by atoms with Crippen molar-refractivity contribution >= 4 is 39.3 Å². The monoisotopic (exact) mass is 1040 g/mol. The molecular formula is C60H58F3N9O5. The van der Waals surface area contributed by atoms with Gasteiger partial charge in [-0.25, -0.2) is 28.1 Å². The first-order valence-corrected chi connectivity index (χ1v) is 25.7. The fraction of sp³-hybridized carbons (Fsp3) is 0.317. The highest BCUT2D eigenvalue weighted by molar-refractivity contribution is 6.03. The van der Waals surface area contributed by atoms with Gasteiger partial charge in [-0.05, 0) is 111 Å². The Labute approximate surface area is 445 Å². The molecule has 1 N–H and O–H groups in total. The summed E-state index contributed by atoms with van der Waals surface area (Å²) in [7, 11) is 4.89. The Hall–Kier alpha value is -8.36. The van der Waals surface area contributed by atoms with Crippen LogP contribution in [0.3, 0.4) is 0 Å². The van der Waals surface area contributed by atoms with Crippen molar-refractivity contribution in [2.75, 3.05) is 62.7 Å². The van der Waals surface area contributed by atoms with Crippen molar-refractivity contribution in [2.24, 2.45) is 0 Å². The van der Waals surface area contributed by atoms with Crippen molar-refractivity contribution in [1.29, 1.82) is 0 Å². The molecular weight excluding hydrogens is 984 g/mol. The minimum absolute atomic E-state index is 0.0551. The third kappa shape index (κ3) is 9.89. The second-order valence-electron chi connectivity index (χ2n) is 19.9. The lowest BCUT2D eigenvalue weighted by atomic mass is 9.95. The van der Waals surface area contributed by atoms with Crippen LogP contribution in [0.5, 0.6) is 29.1 Å². The lowest BCUT2D eigenvalue weighted by Gasteiger charge is -2.37. The van der Waals surface area contributed by atoms with Crippen LogP contribution in [0, 0.1) is 24.0 Å². The summed E-state index contributed by atoms with van der Waals surface area (Å²) in [4.78, 5) is 31.3. The maximum Gasteiger partial charge on any atom is 0.319 e. The number of alkyl halides is 1. The number of hydrogen-bond acceptors (Lipinski definition) is 14. The molecule has 77 heavy (non-hydrogen) atoms. The lowest BCUT2D eigenvalue weighted by Crippen LogP contribution is -2.43. The van der Waals surface area contributed by atoms with Crippen molar-refractivity contribution < 1.29 is 36.9 Å². The van der Waals surface area contributed by atoms with Gasteiger partial charge in [0.2, 0.25) is 5.88 Å². The summed E-state index contributed by atoms with van der Waals surface area (Å²) in [6.07, 6.45) is 8.72. The van der Waals surface area contributed by atoms with E-state index >= 15 is 13.2 Å². The SMILES string of the molecule is C#Cc1c(F)ccc2nc(NCc3ccc(OC)cc3)cc(-c3nc4c5c(nc(OC[C@@]67CCCN6C[C@H](F)C7)nc5c3F)N([C@H](C)c3cccnc3N(Cc3ccc(OC)cc3)Cc3ccc(OC)cc3)[C@@H](C)CO4)c12. The van der Waals surface area contributed by atoms with Crippen molar-refractivity contribution in [3.05, 3.63) is 149 Å². The van der Waals surface area contributed by atoms with E-state index in [2.05, 4.69) is 32.9 Å². The molecule has 394 valence electrons.